The summed E-state index contributed by atoms with van der Waals surface area (Å²) in [6.45, 7) is 4.57. The number of hydrogen-bond donors (Lipinski definition) is 2. The van der Waals surface area contributed by atoms with E-state index in [0.29, 0.717) is 19.4 Å². The summed E-state index contributed by atoms with van der Waals surface area (Å²) in [5.74, 6) is 0.215. The van der Waals surface area contributed by atoms with Crippen LogP contribution in [0.3, 0.4) is 0 Å². The zero-order valence-electron chi connectivity index (χ0n) is 10.9. The summed E-state index contributed by atoms with van der Waals surface area (Å²) in [5.41, 5.74) is 5.86. The number of carbonyl (C=O) groups is 2. The van der Waals surface area contributed by atoms with Crippen molar-refractivity contribution in [1.82, 2.24) is 10.2 Å². The van der Waals surface area contributed by atoms with Gasteiger partial charge in [0.1, 0.15) is 0 Å². The van der Waals surface area contributed by atoms with Crippen molar-refractivity contribution in [2.45, 2.75) is 45.2 Å². The third kappa shape index (κ3) is 3.70. The van der Waals surface area contributed by atoms with Crippen LogP contribution < -0.4 is 11.1 Å². The second-order valence-electron chi connectivity index (χ2n) is 4.93. The Hall–Kier alpha value is -1.10. The van der Waals surface area contributed by atoms with Crippen molar-refractivity contribution in [1.29, 1.82) is 0 Å². The molecule has 1 aliphatic heterocycles. The first-order chi connectivity index (χ1) is 7.95. The van der Waals surface area contributed by atoms with Crippen LogP contribution in [-0.2, 0) is 9.59 Å². The number of likely N-dealkylation sites (tertiary alicyclic amines) is 1. The molecule has 98 valence electrons. The van der Waals surface area contributed by atoms with Gasteiger partial charge in [0.15, 0.2) is 0 Å². The van der Waals surface area contributed by atoms with E-state index in [1.807, 2.05) is 13.8 Å². The number of rotatable bonds is 4. The van der Waals surface area contributed by atoms with Crippen molar-refractivity contribution in [3.05, 3.63) is 0 Å². The molecule has 2 unspecified atom stereocenters. The molecule has 0 spiro atoms. The van der Waals surface area contributed by atoms with Crippen molar-refractivity contribution >= 4 is 11.8 Å². The van der Waals surface area contributed by atoms with E-state index in [4.69, 9.17) is 5.73 Å². The maximum atomic E-state index is 11.9. The van der Waals surface area contributed by atoms with Gasteiger partial charge in [-0.3, -0.25) is 9.59 Å². The minimum absolute atomic E-state index is 0.0420. The predicted octanol–water partition coefficient (Wildman–Crippen LogP) is 0.0968. The van der Waals surface area contributed by atoms with Crippen molar-refractivity contribution in [3.8, 4) is 0 Å². The van der Waals surface area contributed by atoms with Crippen LogP contribution in [-0.4, -0.2) is 42.4 Å². The summed E-state index contributed by atoms with van der Waals surface area (Å²) in [6.07, 6.45) is 2.10. The van der Waals surface area contributed by atoms with Crippen LogP contribution in [0.15, 0.2) is 0 Å². The molecule has 3 N–H and O–H groups in total. The van der Waals surface area contributed by atoms with Crippen LogP contribution in [0.1, 0.15) is 33.1 Å². The highest BCUT2D eigenvalue weighted by Crippen LogP contribution is 2.11. The van der Waals surface area contributed by atoms with Gasteiger partial charge in [0.2, 0.25) is 11.8 Å². The van der Waals surface area contributed by atoms with E-state index >= 15 is 0 Å². The van der Waals surface area contributed by atoms with Gasteiger partial charge in [-0.05, 0) is 12.3 Å². The van der Waals surface area contributed by atoms with Crippen molar-refractivity contribution < 1.29 is 9.59 Å². The molecule has 0 saturated carbocycles. The van der Waals surface area contributed by atoms with Crippen molar-refractivity contribution in [2.75, 3.05) is 13.6 Å². The lowest BCUT2D eigenvalue weighted by atomic mass is 9.98. The number of nitrogens with zero attached hydrogens (tertiary/aromatic N) is 1. The molecule has 0 aliphatic carbocycles. The second kappa shape index (κ2) is 6.00. The third-order valence-electron chi connectivity index (χ3n) is 3.53. The van der Waals surface area contributed by atoms with Gasteiger partial charge in [0.05, 0.1) is 6.04 Å². The first kappa shape index (κ1) is 14.0. The first-order valence-electron chi connectivity index (χ1n) is 6.25. The fourth-order valence-corrected chi connectivity index (χ4v) is 1.94. The van der Waals surface area contributed by atoms with E-state index in [1.165, 1.54) is 0 Å². The summed E-state index contributed by atoms with van der Waals surface area (Å²) in [6, 6.07) is -0.414. The zero-order valence-corrected chi connectivity index (χ0v) is 10.9. The molecule has 5 heteroatoms. The van der Waals surface area contributed by atoms with E-state index in [-0.39, 0.29) is 23.8 Å². The Bertz CT molecular complexity index is 293. The lowest BCUT2D eigenvalue weighted by Gasteiger charge is -2.31. The van der Waals surface area contributed by atoms with Crippen LogP contribution in [0.2, 0.25) is 0 Å². The Morgan fingerprint density at radius 2 is 2.29 bits per heavy atom. The number of amides is 2. The van der Waals surface area contributed by atoms with Crippen LogP contribution in [0.25, 0.3) is 0 Å². The highest BCUT2D eigenvalue weighted by Gasteiger charge is 2.27. The number of nitrogens with one attached hydrogen (secondary N) is 1. The normalized spacial score (nSPS) is 24.4. The molecule has 1 fully saturated rings. The highest BCUT2D eigenvalue weighted by atomic mass is 16.2. The van der Waals surface area contributed by atoms with Gasteiger partial charge in [-0.15, -0.1) is 0 Å². The number of hydrogen-bond acceptors (Lipinski definition) is 3. The smallest absolute Gasteiger partial charge is 0.237 e. The SMILES string of the molecule is CCC(C)[C@H](N)C(=O)NC1CCC(=O)N(C)C1. The van der Waals surface area contributed by atoms with E-state index in [1.54, 1.807) is 11.9 Å². The van der Waals surface area contributed by atoms with Gasteiger partial charge in [-0.1, -0.05) is 20.3 Å². The minimum atomic E-state index is -0.456. The van der Waals surface area contributed by atoms with Crippen LogP contribution >= 0.6 is 0 Å². The molecule has 0 radical (unpaired) electrons. The van der Waals surface area contributed by atoms with Gasteiger partial charge >= 0.3 is 0 Å². The molecule has 0 aromatic rings. The largest absolute Gasteiger partial charge is 0.350 e. The average Bonchev–Trinajstić information content (AvgIpc) is 2.31. The summed E-state index contributed by atoms with van der Waals surface area (Å²) in [7, 11) is 1.76. The molecular weight excluding hydrogens is 218 g/mol. The number of likely N-dealkylation sites (N-methyl/N-ethyl adjacent to an activating group) is 1. The average molecular weight is 241 g/mol. The van der Waals surface area contributed by atoms with E-state index in [9.17, 15) is 9.59 Å². The first-order valence-corrected chi connectivity index (χ1v) is 6.25. The van der Waals surface area contributed by atoms with Gasteiger partial charge in [-0.2, -0.15) is 0 Å². The van der Waals surface area contributed by atoms with Crippen LogP contribution in [0.5, 0.6) is 0 Å². The Balaban J connectivity index is 2.44. The molecule has 0 aromatic carbocycles. The molecule has 1 rings (SSSR count). The summed E-state index contributed by atoms with van der Waals surface area (Å²) in [5, 5.41) is 2.93. The quantitative estimate of drug-likeness (QED) is 0.733. The molecule has 17 heavy (non-hydrogen) atoms. The van der Waals surface area contributed by atoms with E-state index < -0.39 is 6.04 Å². The maximum absolute atomic E-state index is 11.9. The standard InChI is InChI=1S/C12H23N3O2/c1-4-8(2)11(13)12(17)14-9-5-6-10(16)15(3)7-9/h8-9,11H,4-7,13H2,1-3H3,(H,14,17)/t8?,9?,11-/m0/s1. The monoisotopic (exact) mass is 241 g/mol. The summed E-state index contributed by atoms with van der Waals surface area (Å²) >= 11 is 0. The fourth-order valence-electron chi connectivity index (χ4n) is 1.94. The van der Waals surface area contributed by atoms with Gasteiger partial charge in [0.25, 0.3) is 0 Å². The highest BCUT2D eigenvalue weighted by molar-refractivity contribution is 5.82. The Kier molecular flexibility index (Phi) is 4.93. The molecule has 5 nitrogen and oxygen atoms in total. The number of carbonyl (C=O) groups excluding carboxylic acids is 2. The number of nitrogens with two attached hydrogens (primary N) is 1. The molecule has 1 heterocycles. The number of piperidine rings is 1. The second-order valence-corrected chi connectivity index (χ2v) is 4.93. The van der Waals surface area contributed by atoms with Crippen molar-refractivity contribution in [2.24, 2.45) is 11.7 Å². The predicted molar refractivity (Wildman–Crippen MR) is 66.2 cm³/mol. The summed E-state index contributed by atoms with van der Waals surface area (Å²) < 4.78 is 0. The van der Waals surface area contributed by atoms with Gasteiger partial charge in [0, 0.05) is 26.1 Å². The molecule has 0 bridgehead atoms. The maximum Gasteiger partial charge on any atom is 0.237 e. The topological polar surface area (TPSA) is 75.4 Å². The fraction of sp³-hybridized carbons (Fsp3) is 0.833. The molecule has 3 atom stereocenters. The Morgan fingerprint density at radius 1 is 1.65 bits per heavy atom. The minimum Gasteiger partial charge on any atom is -0.350 e. The summed E-state index contributed by atoms with van der Waals surface area (Å²) in [4.78, 5) is 24.8. The Labute approximate surface area is 103 Å². The van der Waals surface area contributed by atoms with Gasteiger partial charge < -0.3 is 16.0 Å². The zero-order chi connectivity index (χ0) is 13.0. The molecule has 1 aliphatic rings. The van der Waals surface area contributed by atoms with Crippen molar-refractivity contribution in [3.63, 3.8) is 0 Å². The molecular formula is C12H23N3O2. The molecule has 0 aromatic heterocycles. The molecule has 1 saturated heterocycles. The van der Waals surface area contributed by atoms with E-state index in [0.717, 1.165) is 6.42 Å². The van der Waals surface area contributed by atoms with Crippen LogP contribution in [0.4, 0.5) is 0 Å². The van der Waals surface area contributed by atoms with Crippen LogP contribution in [0, 0.1) is 5.92 Å². The lowest BCUT2D eigenvalue weighted by Crippen LogP contribution is -2.53. The Morgan fingerprint density at radius 3 is 2.82 bits per heavy atom. The lowest BCUT2D eigenvalue weighted by molar-refractivity contribution is -0.134. The van der Waals surface area contributed by atoms with Gasteiger partial charge in [-0.25, -0.2) is 0 Å². The third-order valence-corrected chi connectivity index (χ3v) is 3.53. The molecule has 2 amide bonds. The van der Waals surface area contributed by atoms with E-state index in [2.05, 4.69) is 5.32 Å².